The molecule has 1 N–H and O–H groups in total. The highest BCUT2D eigenvalue weighted by Crippen LogP contribution is 2.27. The van der Waals surface area contributed by atoms with Crippen LogP contribution in [0.2, 0.25) is 0 Å². The summed E-state index contributed by atoms with van der Waals surface area (Å²) in [6.45, 7) is 0. The zero-order valence-electron chi connectivity index (χ0n) is 16.2. The summed E-state index contributed by atoms with van der Waals surface area (Å²) in [6, 6.07) is 26.2. The van der Waals surface area contributed by atoms with Crippen LogP contribution in [0.3, 0.4) is 0 Å². The van der Waals surface area contributed by atoms with E-state index in [1.165, 1.54) is 0 Å². The molecule has 7 heteroatoms. The molecule has 0 saturated carbocycles. The van der Waals surface area contributed by atoms with Crippen molar-refractivity contribution in [1.82, 2.24) is 20.2 Å². The van der Waals surface area contributed by atoms with Crippen LogP contribution in [-0.2, 0) is 0 Å². The Bertz CT molecular complexity index is 1370. The Morgan fingerprint density at radius 3 is 2.43 bits per heavy atom. The lowest BCUT2D eigenvalue weighted by Gasteiger charge is -2.09. The largest absolute Gasteiger partial charge is 0.496 e. The molecule has 4 aromatic carbocycles. The molecule has 7 nitrogen and oxygen atoms in total. The number of ether oxygens (including phenoxy) is 1. The highest BCUT2D eigenvalue weighted by molar-refractivity contribution is 6.02. The van der Waals surface area contributed by atoms with Crippen LogP contribution in [-0.4, -0.2) is 33.5 Å². The first-order valence-electron chi connectivity index (χ1n) is 9.46. The molecule has 0 radical (unpaired) electrons. The minimum atomic E-state index is 0.418. The Morgan fingerprint density at radius 1 is 0.867 bits per heavy atom. The monoisotopic (exact) mass is 394 g/mol. The van der Waals surface area contributed by atoms with Gasteiger partial charge in [-0.1, -0.05) is 71.8 Å². The van der Waals surface area contributed by atoms with Gasteiger partial charge in [0, 0.05) is 10.9 Å². The lowest BCUT2D eigenvalue weighted by atomic mass is 10.0. The molecule has 0 aliphatic rings. The summed E-state index contributed by atoms with van der Waals surface area (Å²) in [7, 11) is 1.65. The van der Waals surface area contributed by atoms with Gasteiger partial charge in [0.2, 0.25) is 0 Å². The molecule has 0 unspecified atom stereocenters. The summed E-state index contributed by atoms with van der Waals surface area (Å²) in [4.78, 5) is 0. The van der Waals surface area contributed by atoms with E-state index >= 15 is 0 Å². The van der Waals surface area contributed by atoms with Gasteiger partial charge >= 0.3 is 0 Å². The number of nitrogens with one attached hydrogen (secondary N) is 1. The molecule has 0 atom stereocenters. The number of fused-ring (bicyclic) bond motifs is 2. The fraction of sp³-hybridized carbons (Fsp3) is 0.0435. The average molecular weight is 394 g/mol. The molecule has 5 rings (SSSR count). The highest BCUT2D eigenvalue weighted by Gasteiger charge is 2.11. The molecule has 0 saturated heterocycles. The lowest BCUT2D eigenvalue weighted by Crippen LogP contribution is -2.04. The van der Waals surface area contributed by atoms with E-state index in [1.807, 2.05) is 60.7 Å². The highest BCUT2D eigenvalue weighted by atomic mass is 16.5. The van der Waals surface area contributed by atoms with Crippen LogP contribution in [0.4, 0.5) is 5.95 Å². The second-order valence-electron chi connectivity index (χ2n) is 6.69. The molecule has 0 bridgehead atoms. The van der Waals surface area contributed by atoms with Gasteiger partial charge in [-0.05, 0) is 38.7 Å². The smallest absolute Gasteiger partial charge is 0.268 e. The van der Waals surface area contributed by atoms with Crippen molar-refractivity contribution in [2.45, 2.75) is 0 Å². The van der Waals surface area contributed by atoms with Crippen molar-refractivity contribution in [2.24, 2.45) is 5.10 Å². The Labute approximate surface area is 172 Å². The van der Waals surface area contributed by atoms with Gasteiger partial charge in [0.15, 0.2) is 0 Å². The number of hydrazone groups is 1. The third kappa shape index (κ3) is 3.12. The fourth-order valence-corrected chi connectivity index (χ4v) is 3.55. The summed E-state index contributed by atoms with van der Waals surface area (Å²) in [5.74, 6) is 1.16. The number of benzene rings is 4. The second kappa shape index (κ2) is 7.63. The van der Waals surface area contributed by atoms with E-state index < -0.39 is 0 Å². The van der Waals surface area contributed by atoms with Crippen LogP contribution in [0.1, 0.15) is 5.56 Å². The molecule has 30 heavy (non-hydrogen) atoms. The van der Waals surface area contributed by atoms with Crippen molar-refractivity contribution in [1.29, 1.82) is 0 Å². The summed E-state index contributed by atoms with van der Waals surface area (Å²) in [5, 5.41) is 20.8. The van der Waals surface area contributed by atoms with Gasteiger partial charge in [0.05, 0.1) is 19.0 Å². The van der Waals surface area contributed by atoms with Crippen molar-refractivity contribution >= 4 is 33.7 Å². The molecule has 1 heterocycles. The van der Waals surface area contributed by atoms with E-state index in [9.17, 15) is 0 Å². The molecule has 0 fully saturated rings. The molecule has 0 spiro atoms. The van der Waals surface area contributed by atoms with Crippen molar-refractivity contribution in [3.8, 4) is 11.4 Å². The number of rotatable bonds is 5. The third-order valence-electron chi connectivity index (χ3n) is 4.97. The Hall–Kier alpha value is -4.26. The summed E-state index contributed by atoms with van der Waals surface area (Å²) < 4.78 is 7.16. The zero-order chi connectivity index (χ0) is 20.3. The molecular formula is C23H18N6O. The summed E-state index contributed by atoms with van der Waals surface area (Å²) in [5.41, 5.74) is 4.72. The molecule has 0 aliphatic carbocycles. The molecule has 146 valence electrons. The summed E-state index contributed by atoms with van der Waals surface area (Å²) in [6.07, 6.45) is 1.73. The van der Waals surface area contributed by atoms with Crippen molar-refractivity contribution in [2.75, 3.05) is 12.5 Å². The maximum Gasteiger partial charge on any atom is 0.268 e. The topological polar surface area (TPSA) is 77.2 Å². The number of nitrogens with zero attached hydrogens (tertiary/aromatic N) is 5. The SMILES string of the molecule is COc1ccc2ccccc2c1/C=N/Nc1nnnn1-c1cccc2ccccc12. The van der Waals surface area contributed by atoms with Crippen LogP contribution in [0.15, 0.2) is 84.0 Å². The number of methoxy groups -OCH3 is 1. The standard InChI is InChI=1S/C23H18N6O/c1-30-22-14-13-17-8-2-4-10-18(17)20(22)15-24-25-23-26-27-28-29(23)21-12-6-9-16-7-3-5-11-19(16)21/h2-15H,1H3,(H,25,26,28)/b24-15+. The third-order valence-corrected chi connectivity index (χ3v) is 4.97. The molecular weight excluding hydrogens is 376 g/mol. The van der Waals surface area contributed by atoms with Gasteiger partial charge in [-0.25, -0.2) is 5.43 Å². The van der Waals surface area contributed by atoms with E-state index in [1.54, 1.807) is 18.0 Å². The van der Waals surface area contributed by atoms with E-state index in [4.69, 9.17) is 4.74 Å². The molecule has 5 aromatic rings. The Morgan fingerprint density at radius 2 is 1.60 bits per heavy atom. The quantitative estimate of drug-likeness (QED) is 0.353. The van der Waals surface area contributed by atoms with E-state index in [2.05, 4.69) is 44.3 Å². The van der Waals surface area contributed by atoms with E-state index in [0.717, 1.165) is 38.5 Å². The lowest BCUT2D eigenvalue weighted by molar-refractivity contribution is 0.415. The number of hydrogen-bond donors (Lipinski definition) is 1. The predicted octanol–water partition coefficient (Wildman–Crippen LogP) is 4.42. The van der Waals surface area contributed by atoms with Gasteiger partial charge in [-0.2, -0.15) is 9.78 Å². The van der Waals surface area contributed by atoms with Crippen LogP contribution in [0.25, 0.3) is 27.2 Å². The molecule has 0 amide bonds. The minimum Gasteiger partial charge on any atom is -0.496 e. The van der Waals surface area contributed by atoms with Crippen molar-refractivity contribution < 1.29 is 4.74 Å². The van der Waals surface area contributed by atoms with Gasteiger partial charge < -0.3 is 4.74 Å². The van der Waals surface area contributed by atoms with Crippen LogP contribution in [0, 0.1) is 0 Å². The first kappa shape index (κ1) is 17.8. The molecule has 1 aromatic heterocycles. The van der Waals surface area contributed by atoms with Gasteiger partial charge in [0.25, 0.3) is 5.95 Å². The van der Waals surface area contributed by atoms with Crippen molar-refractivity contribution in [3.63, 3.8) is 0 Å². The van der Waals surface area contributed by atoms with E-state index in [0.29, 0.717) is 5.95 Å². The predicted molar refractivity (Wildman–Crippen MR) is 118 cm³/mol. The Kier molecular flexibility index (Phi) is 4.53. The first-order chi connectivity index (χ1) is 14.8. The van der Waals surface area contributed by atoms with Crippen LogP contribution < -0.4 is 10.2 Å². The van der Waals surface area contributed by atoms with Crippen LogP contribution >= 0.6 is 0 Å². The fourth-order valence-electron chi connectivity index (χ4n) is 3.55. The number of aromatic nitrogens is 4. The Balaban J connectivity index is 1.50. The van der Waals surface area contributed by atoms with Gasteiger partial charge in [-0.15, -0.1) is 0 Å². The number of anilines is 1. The summed E-state index contributed by atoms with van der Waals surface area (Å²) >= 11 is 0. The van der Waals surface area contributed by atoms with E-state index in [-0.39, 0.29) is 0 Å². The van der Waals surface area contributed by atoms with Gasteiger partial charge in [0.1, 0.15) is 5.75 Å². The second-order valence-corrected chi connectivity index (χ2v) is 6.69. The molecule has 0 aliphatic heterocycles. The zero-order valence-corrected chi connectivity index (χ0v) is 16.2. The minimum absolute atomic E-state index is 0.418. The maximum absolute atomic E-state index is 5.52. The van der Waals surface area contributed by atoms with Gasteiger partial charge in [-0.3, -0.25) is 0 Å². The normalized spacial score (nSPS) is 11.4. The van der Waals surface area contributed by atoms with Crippen molar-refractivity contribution in [3.05, 3.63) is 84.4 Å². The number of tetrazole rings is 1. The first-order valence-corrected chi connectivity index (χ1v) is 9.46. The van der Waals surface area contributed by atoms with Crippen LogP contribution in [0.5, 0.6) is 5.75 Å². The maximum atomic E-state index is 5.52. The average Bonchev–Trinajstić information content (AvgIpc) is 3.27. The number of hydrogen-bond acceptors (Lipinski definition) is 6.